The number of carbonyl (C=O) groups is 1. The molecule has 0 aliphatic rings. The van der Waals surface area contributed by atoms with Gasteiger partial charge in [-0.3, -0.25) is 22.9 Å². The van der Waals surface area contributed by atoms with Crippen LogP contribution in [0.3, 0.4) is 0 Å². The predicted molar refractivity (Wildman–Crippen MR) is 131 cm³/mol. The monoisotopic (exact) mass is 477 g/mol. The maximum Gasteiger partial charge on any atom is 0.338 e. The van der Waals surface area contributed by atoms with Gasteiger partial charge in [-0.25, -0.2) is 9.59 Å². The van der Waals surface area contributed by atoms with Crippen LogP contribution >= 0.6 is 11.3 Å². The van der Waals surface area contributed by atoms with Crippen molar-refractivity contribution in [3.8, 4) is 16.3 Å². The molecular weight excluding hydrogens is 454 g/mol. The van der Waals surface area contributed by atoms with Crippen LogP contribution in [0.4, 0.5) is 0 Å². The van der Waals surface area contributed by atoms with E-state index in [1.54, 1.807) is 34.9 Å². The molecule has 0 fully saturated rings. The SMILES string of the molecule is CCCCOC(=O)c1ccc(-n2c(-c3cccs3)cn3c4c(=O)n(C)c(=O)n(C)c4nc23)cc1. The Morgan fingerprint density at radius 1 is 1.09 bits per heavy atom. The topological polar surface area (TPSA) is 92.5 Å². The number of ether oxygens (including phenoxy) is 1. The number of imidazole rings is 2. The maximum atomic E-state index is 13.0. The van der Waals surface area contributed by atoms with Gasteiger partial charge in [0, 0.05) is 26.0 Å². The lowest BCUT2D eigenvalue weighted by atomic mass is 10.2. The summed E-state index contributed by atoms with van der Waals surface area (Å²) >= 11 is 1.57. The van der Waals surface area contributed by atoms with Gasteiger partial charge < -0.3 is 4.74 Å². The van der Waals surface area contributed by atoms with Gasteiger partial charge in [0.2, 0.25) is 5.78 Å². The second kappa shape index (κ2) is 8.45. The predicted octanol–water partition coefficient (Wildman–Crippen LogP) is 3.36. The molecule has 0 N–H and O–H groups in total. The number of esters is 1. The van der Waals surface area contributed by atoms with Crippen molar-refractivity contribution in [3.05, 3.63) is 74.4 Å². The Balaban J connectivity index is 1.71. The van der Waals surface area contributed by atoms with Gasteiger partial charge in [0.1, 0.15) is 0 Å². The van der Waals surface area contributed by atoms with Crippen molar-refractivity contribution >= 4 is 34.2 Å². The van der Waals surface area contributed by atoms with Crippen LogP contribution in [-0.4, -0.2) is 35.7 Å². The van der Waals surface area contributed by atoms with E-state index in [2.05, 4.69) is 4.98 Å². The average Bonchev–Trinajstić information content (AvgIpc) is 3.57. The minimum atomic E-state index is -0.436. The molecule has 34 heavy (non-hydrogen) atoms. The normalized spacial score (nSPS) is 11.5. The molecule has 10 heteroatoms. The molecular formula is C24H23N5O4S. The average molecular weight is 478 g/mol. The third-order valence-corrected chi connectivity index (χ3v) is 6.72. The Morgan fingerprint density at radius 2 is 1.85 bits per heavy atom. The zero-order chi connectivity index (χ0) is 24.0. The van der Waals surface area contributed by atoms with Gasteiger partial charge in [-0.2, -0.15) is 4.98 Å². The molecule has 5 rings (SSSR count). The number of thiophene rings is 1. The Bertz CT molecular complexity index is 1640. The zero-order valence-electron chi connectivity index (χ0n) is 19.0. The molecule has 5 aromatic rings. The summed E-state index contributed by atoms with van der Waals surface area (Å²) < 4.78 is 11.4. The standard InChI is InChI=1S/C24H23N5O4S/c1-4-5-12-33-22(31)15-8-10-16(11-9-15)29-17(18-7-6-13-34-18)14-28-19-20(25-23(28)29)26(2)24(32)27(3)21(19)30/h6-11,13-14H,4-5,12H2,1-3H3. The lowest BCUT2D eigenvalue weighted by molar-refractivity contribution is 0.0500. The summed E-state index contributed by atoms with van der Waals surface area (Å²) in [6.07, 6.45) is 3.63. The van der Waals surface area contributed by atoms with Crippen molar-refractivity contribution in [2.24, 2.45) is 14.1 Å². The molecule has 0 unspecified atom stereocenters. The fraction of sp³-hybridized carbons (Fsp3) is 0.250. The molecule has 4 heterocycles. The van der Waals surface area contributed by atoms with E-state index in [0.717, 1.165) is 33.7 Å². The van der Waals surface area contributed by atoms with Gasteiger partial charge in [0.15, 0.2) is 11.2 Å². The smallest absolute Gasteiger partial charge is 0.338 e. The summed E-state index contributed by atoms with van der Waals surface area (Å²) in [4.78, 5) is 43.4. The first-order valence-corrected chi connectivity index (χ1v) is 11.8. The summed E-state index contributed by atoms with van der Waals surface area (Å²) in [6.45, 7) is 2.44. The van der Waals surface area contributed by atoms with Crippen LogP contribution < -0.4 is 11.2 Å². The summed E-state index contributed by atoms with van der Waals surface area (Å²) in [5.74, 6) is 0.135. The summed E-state index contributed by atoms with van der Waals surface area (Å²) in [5.41, 5.74) is 1.86. The number of nitrogens with zero attached hydrogens (tertiary/aromatic N) is 5. The Hall–Kier alpha value is -3.92. The van der Waals surface area contributed by atoms with Crippen LogP contribution in [0.5, 0.6) is 0 Å². The van der Waals surface area contributed by atoms with Gasteiger partial charge in [0.05, 0.1) is 22.7 Å². The molecule has 9 nitrogen and oxygen atoms in total. The molecule has 0 aliphatic carbocycles. The van der Waals surface area contributed by atoms with E-state index in [4.69, 9.17) is 4.74 Å². The highest BCUT2D eigenvalue weighted by atomic mass is 32.1. The number of hydrogen-bond acceptors (Lipinski definition) is 6. The van der Waals surface area contributed by atoms with Crippen LogP contribution in [-0.2, 0) is 18.8 Å². The Kier molecular flexibility index (Phi) is 5.45. The van der Waals surface area contributed by atoms with E-state index in [1.807, 2.05) is 47.3 Å². The highest BCUT2D eigenvalue weighted by Crippen LogP contribution is 2.31. The summed E-state index contributed by atoms with van der Waals surface area (Å²) in [7, 11) is 3.05. The summed E-state index contributed by atoms with van der Waals surface area (Å²) in [5, 5.41) is 1.98. The van der Waals surface area contributed by atoms with E-state index in [9.17, 15) is 14.4 Å². The van der Waals surface area contributed by atoms with Crippen molar-refractivity contribution in [3.63, 3.8) is 0 Å². The molecule has 0 atom stereocenters. The Labute approximate surface area is 198 Å². The van der Waals surface area contributed by atoms with Crippen LogP contribution in [0.15, 0.2) is 57.6 Å². The number of benzene rings is 1. The minimum Gasteiger partial charge on any atom is -0.462 e. The largest absolute Gasteiger partial charge is 0.462 e. The van der Waals surface area contributed by atoms with E-state index in [-0.39, 0.29) is 5.97 Å². The Morgan fingerprint density at radius 3 is 2.53 bits per heavy atom. The number of aromatic nitrogens is 5. The first kappa shape index (κ1) is 21.9. The van der Waals surface area contributed by atoms with Crippen LogP contribution in [0.1, 0.15) is 30.1 Å². The maximum absolute atomic E-state index is 13.0. The molecule has 0 spiro atoms. The number of fused-ring (bicyclic) bond motifs is 3. The number of rotatable bonds is 6. The molecule has 1 aromatic carbocycles. The van der Waals surface area contributed by atoms with E-state index >= 15 is 0 Å². The van der Waals surface area contributed by atoms with Gasteiger partial charge >= 0.3 is 11.7 Å². The third kappa shape index (κ3) is 3.38. The van der Waals surface area contributed by atoms with E-state index < -0.39 is 11.2 Å². The van der Waals surface area contributed by atoms with Crippen molar-refractivity contribution < 1.29 is 9.53 Å². The number of hydrogen-bond donors (Lipinski definition) is 0. The van der Waals surface area contributed by atoms with E-state index in [1.165, 1.54) is 11.6 Å². The fourth-order valence-electron chi connectivity index (χ4n) is 3.96. The van der Waals surface area contributed by atoms with Gasteiger partial charge in [-0.15, -0.1) is 11.3 Å². The first-order chi connectivity index (χ1) is 16.4. The quantitative estimate of drug-likeness (QED) is 0.276. The molecule has 174 valence electrons. The van der Waals surface area contributed by atoms with Crippen molar-refractivity contribution in [1.29, 1.82) is 0 Å². The molecule has 0 aliphatic heterocycles. The number of aryl methyl sites for hydroxylation is 1. The van der Waals surface area contributed by atoms with Crippen LogP contribution in [0.25, 0.3) is 33.2 Å². The highest BCUT2D eigenvalue weighted by molar-refractivity contribution is 7.13. The molecule has 0 amide bonds. The minimum absolute atomic E-state index is 0.311. The molecule has 0 bridgehead atoms. The molecule has 4 aromatic heterocycles. The molecule has 0 radical (unpaired) electrons. The van der Waals surface area contributed by atoms with Gasteiger partial charge in [-0.1, -0.05) is 19.4 Å². The third-order valence-electron chi connectivity index (χ3n) is 5.83. The summed E-state index contributed by atoms with van der Waals surface area (Å²) in [6, 6.07) is 11.0. The molecule has 0 saturated heterocycles. The second-order valence-electron chi connectivity index (χ2n) is 8.02. The fourth-order valence-corrected chi connectivity index (χ4v) is 4.69. The molecule has 0 saturated carbocycles. The zero-order valence-corrected chi connectivity index (χ0v) is 19.8. The van der Waals surface area contributed by atoms with Gasteiger partial charge in [0.25, 0.3) is 5.56 Å². The first-order valence-electron chi connectivity index (χ1n) is 10.9. The number of unbranched alkanes of at least 4 members (excludes halogenated alkanes) is 1. The van der Waals surface area contributed by atoms with Crippen molar-refractivity contribution in [2.45, 2.75) is 19.8 Å². The van der Waals surface area contributed by atoms with Gasteiger partial charge in [-0.05, 0) is 42.1 Å². The number of carbonyl (C=O) groups excluding carboxylic acids is 1. The van der Waals surface area contributed by atoms with Crippen LogP contribution in [0.2, 0.25) is 0 Å². The lowest BCUT2D eigenvalue weighted by Crippen LogP contribution is -2.37. The van der Waals surface area contributed by atoms with Crippen molar-refractivity contribution in [2.75, 3.05) is 6.61 Å². The van der Waals surface area contributed by atoms with Crippen LogP contribution in [0, 0.1) is 0 Å². The van der Waals surface area contributed by atoms with E-state index in [0.29, 0.717) is 29.1 Å². The highest BCUT2D eigenvalue weighted by Gasteiger charge is 2.22. The van der Waals surface area contributed by atoms with Crippen molar-refractivity contribution in [1.82, 2.24) is 23.1 Å². The lowest BCUT2D eigenvalue weighted by Gasteiger charge is -2.09. The second-order valence-corrected chi connectivity index (χ2v) is 8.97.